The molecule has 5 nitrogen and oxygen atoms in total. The summed E-state index contributed by atoms with van der Waals surface area (Å²) in [5.74, 6) is 0.403. The molecule has 2 aromatic rings. The Balaban J connectivity index is 2.36. The zero-order chi connectivity index (χ0) is 14.8. The normalized spacial score (nSPS) is 11.3. The molecule has 0 aliphatic carbocycles. The van der Waals surface area contributed by atoms with Gasteiger partial charge in [-0.15, -0.1) is 0 Å². The lowest BCUT2D eigenvalue weighted by molar-refractivity contribution is 0.327. The third kappa shape index (κ3) is 3.35. The van der Waals surface area contributed by atoms with E-state index >= 15 is 0 Å². The van der Waals surface area contributed by atoms with E-state index in [-0.39, 0.29) is 19.6 Å². The third-order valence-electron chi connectivity index (χ3n) is 2.11. The van der Waals surface area contributed by atoms with E-state index in [1.807, 2.05) is 0 Å². The minimum absolute atomic E-state index is 0.0234. The molecule has 0 atom stereocenters. The highest BCUT2D eigenvalue weighted by Crippen LogP contribution is 2.35. The van der Waals surface area contributed by atoms with Crippen molar-refractivity contribution in [3.8, 4) is 11.5 Å². The van der Waals surface area contributed by atoms with Gasteiger partial charge in [0.25, 0.3) is 0 Å². The van der Waals surface area contributed by atoms with Crippen molar-refractivity contribution < 1.29 is 17.3 Å². The van der Waals surface area contributed by atoms with Crippen LogP contribution in [0.25, 0.3) is 0 Å². The average Bonchev–Trinajstić information content (AvgIpc) is 2.72. The number of nitrogens with zero attached hydrogens (tertiary/aromatic N) is 1. The Morgan fingerprint density at radius 2 is 1.90 bits per heavy atom. The van der Waals surface area contributed by atoms with Gasteiger partial charge in [-0.1, -0.05) is 46.7 Å². The first-order chi connectivity index (χ1) is 9.44. The number of aromatic nitrogens is 1. The largest absolute Gasteiger partial charge is 0.490 e. The highest BCUT2D eigenvalue weighted by molar-refractivity contribution is 7.89. The average molecular weight is 354 g/mol. The highest BCUT2D eigenvalue weighted by atomic mass is 35.5. The SMILES string of the molecule is CCOc1ccccc1OS(=O)(=O)c1sc(Cl)nc1Cl. The van der Waals surface area contributed by atoms with Crippen molar-refractivity contribution in [3.63, 3.8) is 0 Å². The molecule has 9 heteroatoms. The Morgan fingerprint density at radius 3 is 2.45 bits per heavy atom. The number of ether oxygens (including phenoxy) is 1. The van der Waals surface area contributed by atoms with Gasteiger partial charge >= 0.3 is 10.1 Å². The van der Waals surface area contributed by atoms with Gasteiger partial charge in [0.05, 0.1) is 6.61 Å². The van der Waals surface area contributed by atoms with E-state index in [9.17, 15) is 8.42 Å². The van der Waals surface area contributed by atoms with Gasteiger partial charge < -0.3 is 8.92 Å². The molecule has 108 valence electrons. The maximum absolute atomic E-state index is 12.1. The molecular weight excluding hydrogens is 345 g/mol. The van der Waals surface area contributed by atoms with Crippen LogP contribution < -0.4 is 8.92 Å². The number of halogens is 2. The van der Waals surface area contributed by atoms with Crippen molar-refractivity contribution in [3.05, 3.63) is 33.9 Å². The zero-order valence-electron chi connectivity index (χ0n) is 10.2. The van der Waals surface area contributed by atoms with Crippen LogP contribution in [0, 0.1) is 0 Å². The van der Waals surface area contributed by atoms with E-state index in [0.717, 1.165) is 11.3 Å². The lowest BCUT2D eigenvalue weighted by atomic mass is 10.3. The van der Waals surface area contributed by atoms with E-state index in [4.69, 9.17) is 32.1 Å². The molecule has 0 amide bonds. The summed E-state index contributed by atoms with van der Waals surface area (Å²) in [6.07, 6.45) is 0. The summed E-state index contributed by atoms with van der Waals surface area (Å²) in [7, 11) is -4.10. The second kappa shape index (κ2) is 6.17. The first-order valence-corrected chi connectivity index (χ1v) is 8.40. The van der Waals surface area contributed by atoms with E-state index < -0.39 is 10.1 Å². The maximum atomic E-state index is 12.1. The number of rotatable bonds is 5. The van der Waals surface area contributed by atoms with Gasteiger partial charge in [0.15, 0.2) is 25.3 Å². The van der Waals surface area contributed by atoms with Crippen LogP contribution in [0.15, 0.2) is 28.5 Å². The molecule has 1 aromatic heterocycles. The molecule has 0 fully saturated rings. The molecule has 0 saturated carbocycles. The topological polar surface area (TPSA) is 65.5 Å². The summed E-state index contributed by atoms with van der Waals surface area (Å²) < 4.78 is 34.4. The van der Waals surface area contributed by atoms with Gasteiger partial charge in [-0.2, -0.15) is 8.42 Å². The van der Waals surface area contributed by atoms with Crippen LogP contribution in [-0.4, -0.2) is 20.0 Å². The molecule has 0 spiro atoms. The van der Waals surface area contributed by atoms with Crippen LogP contribution >= 0.6 is 34.5 Å². The Morgan fingerprint density at radius 1 is 1.25 bits per heavy atom. The van der Waals surface area contributed by atoms with Crippen molar-refractivity contribution in [1.82, 2.24) is 4.98 Å². The molecule has 1 heterocycles. The van der Waals surface area contributed by atoms with Crippen molar-refractivity contribution >= 4 is 44.7 Å². The number of para-hydroxylation sites is 2. The standard InChI is InChI=1S/C11H9Cl2NO4S2/c1-2-17-7-5-3-4-6-8(7)18-20(15,16)10-9(12)14-11(13)19-10/h3-6H,2H2,1H3. The number of benzene rings is 1. The molecule has 20 heavy (non-hydrogen) atoms. The summed E-state index contributed by atoms with van der Waals surface area (Å²) in [4.78, 5) is 3.64. The van der Waals surface area contributed by atoms with E-state index in [2.05, 4.69) is 4.98 Å². The predicted molar refractivity (Wildman–Crippen MR) is 77.6 cm³/mol. The molecule has 0 radical (unpaired) electrons. The van der Waals surface area contributed by atoms with Gasteiger partial charge in [0, 0.05) is 0 Å². The molecule has 0 saturated heterocycles. The second-order valence-electron chi connectivity index (χ2n) is 3.46. The fourth-order valence-electron chi connectivity index (χ4n) is 1.37. The molecule has 0 unspecified atom stereocenters. The summed E-state index contributed by atoms with van der Waals surface area (Å²) >= 11 is 12.1. The Labute approximate surface area is 130 Å². The fraction of sp³-hybridized carbons (Fsp3) is 0.182. The van der Waals surface area contributed by atoms with Crippen LogP contribution in [0.1, 0.15) is 6.92 Å². The van der Waals surface area contributed by atoms with Crippen LogP contribution in [0.4, 0.5) is 0 Å². The van der Waals surface area contributed by atoms with Crippen molar-refractivity contribution in [2.45, 2.75) is 11.1 Å². The molecular formula is C11H9Cl2NO4S2. The fourth-order valence-corrected chi connectivity index (χ4v) is 4.27. The highest BCUT2D eigenvalue weighted by Gasteiger charge is 2.26. The quantitative estimate of drug-likeness (QED) is 0.768. The lowest BCUT2D eigenvalue weighted by Gasteiger charge is -2.10. The number of hydrogen-bond donors (Lipinski definition) is 0. The Bertz CT molecular complexity index is 715. The second-order valence-corrected chi connectivity index (χ2v) is 7.14. The lowest BCUT2D eigenvalue weighted by Crippen LogP contribution is -2.09. The van der Waals surface area contributed by atoms with Gasteiger partial charge in [-0.3, -0.25) is 0 Å². The minimum Gasteiger partial charge on any atom is -0.490 e. The van der Waals surface area contributed by atoms with E-state index in [0.29, 0.717) is 12.4 Å². The smallest absolute Gasteiger partial charge is 0.352 e. The minimum atomic E-state index is -4.10. The molecule has 1 aromatic carbocycles. The first-order valence-electron chi connectivity index (χ1n) is 5.42. The van der Waals surface area contributed by atoms with E-state index in [1.54, 1.807) is 25.1 Å². The van der Waals surface area contributed by atoms with Crippen LogP contribution in [0.5, 0.6) is 11.5 Å². The van der Waals surface area contributed by atoms with Crippen molar-refractivity contribution in [2.75, 3.05) is 6.61 Å². The Kier molecular flexibility index (Phi) is 4.74. The monoisotopic (exact) mass is 353 g/mol. The number of hydrogen-bond acceptors (Lipinski definition) is 6. The van der Waals surface area contributed by atoms with Gasteiger partial charge in [0.1, 0.15) is 0 Å². The molecule has 2 rings (SSSR count). The van der Waals surface area contributed by atoms with Crippen LogP contribution in [0.3, 0.4) is 0 Å². The summed E-state index contributed by atoms with van der Waals surface area (Å²) in [5.41, 5.74) is 0. The number of thiazole rings is 1. The summed E-state index contributed by atoms with van der Waals surface area (Å²) in [6, 6.07) is 6.43. The molecule has 0 N–H and O–H groups in total. The first kappa shape index (κ1) is 15.4. The van der Waals surface area contributed by atoms with Crippen molar-refractivity contribution in [2.24, 2.45) is 0 Å². The van der Waals surface area contributed by atoms with Crippen molar-refractivity contribution in [1.29, 1.82) is 0 Å². The van der Waals surface area contributed by atoms with Crippen LogP contribution in [0.2, 0.25) is 9.62 Å². The van der Waals surface area contributed by atoms with Gasteiger partial charge in [0.2, 0.25) is 0 Å². The van der Waals surface area contributed by atoms with Gasteiger partial charge in [-0.05, 0) is 19.1 Å². The zero-order valence-corrected chi connectivity index (χ0v) is 13.3. The molecule has 0 aliphatic rings. The molecule has 0 bridgehead atoms. The van der Waals surface area contributed by atoms with Crippen LogP contribution in [-0.2, 0) is 10.1 Å². The third-order valence-corrected chi connectivity index (χ3v) is 5.47. The Hall–Kier alpha value is -1.02. The summed E-state index contributed by atoms with van der Waals surface area (Å²) in [5, 5.41) is -0.214. The predicted octanol–water partition coefficient (Wildman–Crippen LogP) is 3.62. The maximum Gasteiger partial charge on any atom is 0.352 e. The van der Waals surface area contributed by atoms with E-state index in [1.165, 1.54) is 6.07 Å². The summed E-state index contributed by atoms with van der Waals surface area (Å²) in [6.45, 7) is 2.17. The molecule has 0 aliphatic heterocycles. The van der Waals surface area contributed by atoms with Gasteiger partial charge in [-0.25, -0.2) is 4.98 Å².